The highest BCUT2D eigenvalue weighted by molar-refractivity contribution is 5.87. The fourth-order valence-corrected chi connectivity index (χ4v) is 2.02. The van der Waals surface area contributed by atoms with Gasteiger partial charge in [0.2, 0.25) is 0 Å². The molecule has 0 spiro atoms. The molecule has 0 aromatic rings. The van der Waals surface area contributed by atoms with E-state index in [1.54, 1.807) is 13.0 Å². The molecule has 0 unspecified atom stereocenters. The molecule has 102 valence electrons. The number of allylic oxidation sites excluding steroid dienone is 1. The van der Waals surface area contributed by atoms with Crippen LogP contribution < -0.4 is 0 Å². The maximum atomic E-state index is 11.2. The molecule has 0 aromatic heterocycles. The number of hydrogen-bond donors (Lipinski definition) is 0. The van der Waals surface area contributed by atoms with Crippen LogP contribution in [0.3, 0.4) is 0 Å². The summed E-state index contributed by atoms with van der Waals surface area (Å²) in [6.07, 6.45) is 4.20. The maximum absolute atomic E-state index is 11.2. The Kier molecular flexibility index (Phi) is 5.38. The lowest BCUT2D eigenvalue weighted by Gasteiger charge is -2.36. The molecular formula is C14H24N2O2. The molecule has 0 N–H and O–H groups in total. The lowest BCUT2D eigenvalue weighted by Crippen LogP contribution is -2.44. The van der Waals surface area contributed by atoms with Crippen molar-refractivity contribution in [2.45, 2.75) is 34.1 Å². The predicted molar refractivity (Wildman–Crippen MR) is 73.7 cm³/mol. The van der Waals surface area contributed by atoms with Gasteiger partial charge in [-0.25, -0.2) is 4.79 Å². The highest BCUT2D eigenvalue weighted by Gasteiger charge is 2.26. The second-order valence-corrected chi connectivity index (χ2v) is 5.46. The molecule has 0 fully saturated rings. The summed E-state index contributed by atoms with van der Waals surface area (Å²) >= 11 is 0. The van der Waals surface area contributed by atoms with Crippen LogP contribution in [0.4, 0.5) is 0 Å². The summed E-state index contributed by atoms with van der Waals surface area (Å²) in [5.41, 5.74) is 0.0494. The van der Waals surface area contributed by atoms with Crippen molar-refractivity contribution in [3.63, 3.8) is 0 Å². The van der Waals surface area contributed by atoms with Crippen molar-refractivity contribution in [3.05, 3.63) is 12.2 Å². The second-order valence-electron chi connectivity index (χ2n) is 5.46. The van der Waals surface area contributed by atoms with Crippen LogP contribution in [0, 0.1) is 5.41 Å². The first kappa shape index (κ1) is 14.7. The summed E-state index contributed by atoms with van der Waals surface area (Å²) in [5.74, 6) is 0.847. The Bertz CT molecular complexity index is 340. The molecule has 1 heterocycles. The fraction of sp³-hybridized carbons (Fsp3) is 0.714. The van der Waals surface area contributed by atoms with Crippen molar-refractivity contribution in [2.75, 3.05) is 26.2 Å². The number of carbonyl (C=O) groups excluding carboxylic acids is 1. The fourth-order valence-electron chi connectivity index (χ4n) is 2.02. The van der Waals surface area contributed by atoms with Gasteiger partial charge in [0.05, 0.1) is 6.54 Å². The van der Waals surface area contributed by atoms with Crippen molar-refractivity contribution < 1.29 is 9.53 Å². The monoisotopic (exact) mass is 252 g/mol. The number of amidine groups is 1. The minimum absolute atomic E-state index is 0.0494. The Morgan fingerprint density at radius 1 is 1.50 bits per heavy atom. The zero-order chi connectivity index (χ0) is 13.6. The van der Waals surface area contributed by atoms with Gasteiger partial charge < -0.3 is 9.64 Å². The third kappa shape index (κ3) is 4.51. The first-order valence-corrected chi connectivity index (χ1v) is 6.54. The molecule has 0 bridgehead atoms. The molecular weight excluding hydrogens is 228 g/mol. The van der Waals surface area contributed by atoms with Gasteiger partial charge in [-0.2, -0.15) is 0 Å². The molecule has 0 saturated carbocycles. The molecule has 0 atom stereocenters. The summed E-state index contributed by atoms with van der Waals surface area (Å²) in [7, 11) is 0. The third-order valence-corrected chi connectivity index (χ3v) is 2.73. The number of esters is 1. The Labute approximate surface area is 110 Å². The van der Waals surface area contributed by atoms with Crippen molar-refractivity contribution in [3.8, 4) is 0 Å². The number of hydrogen-bond acceptors (Lipinski definition) is 4. The highest BCUT2D eigenvalue weighted by atomic mass is 16.5. The van der Waals surface area contributed by atoms with Crippen LogP contribution in [0.2, 0.25) is 0 Å². The van der Waals surface area contributed by atoms with E-state index in [2.05, 4.69) is 30.7 Å². The van der Waals surface area contributed by atoms with E-state index in [1.165, 1.54) is 6.08 Å². The molecule has 18 heavy (non-hydrogen) atoms. The topological polar surface area (TPSA) is 41.9 Å². The first-order valence-electron chi connectivity index (χ1n) is 6.54. The average molecular weight is 252 g/mol. The van der Waals surface area contributed by atoms with Crippen LogP contribution in [-0.4, -0.2) is 42.9 Å². The van der Waals surface area contributed by atoms with Crippen molar-refractivity contribution in [1.29, 1.82) is 0 Å². The lowest BCUT2D eigenvalue weighted by molar-refractivity contribution is -0.137. The van der Waals surface area contributed by atoms with E-state index >= 15 is 0 Å². The standard InChI is InChI=1S/C14H24N2O2/c1-5-7-12(17)18-11-10-16-9-6-8-15-13(16)14(2,3)4/h5,7H,6,8-11H2,1-4H3/b7-5+. The average Bonchev–Trinajstić information content (AvgIpc) is 2.28. The van der Waals surface area contributed by atoms with Crippen LogP contribution in [0.15, 0.2) is 17.1 Å². The quantitative estimate of drug-likeness (QED) is 0.569. The van der Waals surface area contributed by atoms with Crippen LogP contribution in [0.25, 0.3) is 0 Å². The minimum Gasteiger partial charge on any atom is -0.461 e. The summed E-state index contributed by atoms with van der Waals surface area (Å²) in [6.45, 7) is 11.3. The van der Waals surface area contributed by atoms with Gasteiger partial charge in [-0.3, -0.25) is 4.99 Å². The summed E-state index contributed by atoms with van der Waals surface area (Å²) in [6, 6.07) is 0. The van der Waals surface area contributed by atoms with Gasteiger partial charge in [-0.05, 0) is 13.3 Å². The molecule has 0 amide bonds. The van der Waals surface area contributed by atoms with Gasteiger partial charge in [-0.15, -0.1) is 0 Å². The van der Waals surface area contributed by atoms with Gasteiger partial charge in [0.1, 0.15) is 12.4 Å². The zero-order valence-electron chi connectivity index (χ0n) is 11.9. The van der Waals surface area contributed by atoms with Gasteiger partial charge in [0.15, 0.2) is 0 Å². The number of ether oxygens (including phenoxy) is 1. The van der Waals surface area contributed by atoms with E-state index in [0.717, 1.165) is 31.9 Å². The van der Waals surface area contributed by atoms with E-state index in [9.17, 15) is 4.79 Å². The van der Waals surface area contributed by atoms with E-state index in [0.29, 0.717) is 6.61 Å². The molecule has 4 nitrogen and oxygen atoms in total. The maximum Gasteiger partial charge on any atom is 0.330 e. The van der Waals surface area contributed by atoms with E-state index in [-0.39, 0.29) is 11.4 Å². The van der Waals surface area contributed by atoms with Gasteiger partial charge >= 0.3 is 5.97 Å². The molecule has 0 saturated heterocycles. The van der Waals surface area contributed by atoms with Crippen molar-refractivity contribution >= 4 is 11.8 Å². The Morgan fingerprint density at radius 2 is 2.22 bits per heavy atom. The van der Waals surface area contributed by atoms with E-state index in [1.807, 2.05) is 0 Å². The normalized spacial score (nSPS) is 16.9. The lowest BCUT2D eigenvalue weighted by atomic mass is 9.93. The van der Waals surface area contributed by atoms with Crippen LogP contribution in [0.1, 0.15) is 34.1 Å². The second kappa shape index (κ2) is 6.57. The van der Waals surface area contributed by atoms with E-state index in [4.69, 9.17) is 4.74 Å². The van der Waals surface area contributed by atoms with Gasteiger partial charge in [0.25, 0.3) is 0 Å². The number of carbonyl (C=O) groups is 1. The number of aliphatic imine (C=N–C) groups is 1. The number of nitrogens with zero attached hydrogens (tertiary/aromatic N) is 2. The van der Waals surface area contributed by atoms with E-state index < -0.39 is 0 Å². The summed E-state index contributed by atoms with van der Waals surface area (Å²) in [5, 5.41) is 0. The third-order valence-electron chi connectivity index (χ3n) is 2.73. The Morgan fingerprint density at radius 3 is 2.83 bits per heavy atom. The van der Waals surface area contributed by atoms with Crippen LogP contribution in [-0.2, 0) is 9.53 Å². The summed E-state index contributed by atoms with van der Waals surface area (Å²) in [4.78, 5) is 18.0. The van der Waals surface area contributed by atoms with Gasteiger partial charge in [-0.1, -0.05) is 26.8 Å². The van der Waals surface area contributed by atoms with Crippen LogP contribution in [0.5, 0.6) is 0 Å². The molecule has 0 aliphatic carbocycles. The predicted octanol–water partition coefficient (Wildman–Crippen LogP) is 2.26. The van der Waals surface area contributed by atoms with Crippen molar-refractivity contribution in [1.82, 2.24) is 4.90 Å². The van der Waals surface area contributed by atoms with Crippen LogP contribution >= 0.6 is 0 Å². The van der Waals surface area contributed by atoms with Crippen molar-refractivity contribution in [2.24, 2.45) is 10.4 Å². The minimum atomic E-state index is -0.274. The molecule has 0 radical (unpaired) electrons. The first-order chi connectivity index (χ1) is 8.45. The largest absolute Gasteiger partial charge is 0.461 e. The SMILES string of the molecule is C/C=C/C(=O)OCCN1CCCN=C1C(C)(C)C. The highest BCUT2D eigenvalue weighted by Crippen LogP contribution is 2.21. The molecule has 1 aliphatic rings. The zero-order valence-corrected chi connectivity index (χ0v) is 11.9. The smallest absolute Gasteiger partial charge is 0.330 e. The Balaban J connectivity index is 2.48. The molecule has 0 aromatic carbocycles. The molecule has 1 aliphatic heterocycles. The van der Waals surface area contributed by atoms with Gasteiger partial charge in [0, 0.05) is 24.6 Å². The Hall–Kier alpha value is -1.32. The summed E-state index contributed by atoms with van der Waals surface area (Å²) < 4.78 is 5.12. The number of rotatable bonds is 4. The molecule has 1 rings (SSSR count). The molecule has 4 heteroatoms.